The zero-order valence-corrected chi connectivity index (χ0v) is 11.5. The van der Waals surface area contributed by atoms with E-state index in [0.717, 1.165) is 4.31 Å². The zero-order chi connectivity index (χ0) is 15.4. The van der Waals surface area contributed by atoms with Gasteiger partial charge in [-0.2, -0.15) is 25.9 Å². The third kappa shape index (κ3) is 5.25. The molecule has 10 heteroatoms. The third-order valence-electron chi connectivity index (χ3n) is 2.97. The molecule has 0 saturated carbocycles. The van der Waals surface area contributed by atoms with Crippen molar-refractivity contribution in [2.45, 2.75) is 44.3 Å². The number of nitrogens with zero attached hydrogens (tertiary/aromatic N) is 1. The van der Waals surface area contributed by atoms with E-state index < -0.39 is 34.8 Å². The predicted molar refractivity (Wildman–Crippen MR) is 64.2 cm³/mol. The van der Waals surface area contributed by atoms with Crippen LogP contribution in [-0.2, 0) is 15.0 Å². The summed E-state index contributed by atoms with van der Waals surface area (Å²) in [6.07, 6.45) is -4.45. The second-order valence-corrected chi connectivity index (χ2v) is 6.29. The van der Waals surface area contributed by atoms with E-state index >= 15 is 0 Å². The Bertz CT molecular complexity index is 438. The van der Waals surface area contributed by atoms with E-state index in [2.05, 4.69) is 0 Å². The highest BCUT2D eigenvalue weighted by molar-refractivity contribution is 7.87. The van der Waals surface area contributed by atoms with E-state index in [1.54, 1.807) is 0 Å². The molecule has 1 rings (SSSR count). The van der Waals surface area contributed by atoms with Crippen molar-refractivity contribution in [3.63, 3.8) is 0 Å². The highest BCUT2D eigenvalue weighted by Gasteiger charge is 2.36. The Kier molecular flexibility index (Phi) is 5.78. The highest BCUT2D eigenvalue weighted by Crippen LogP contribution is 2.22. The first kappa shape index (κ1) is 17.2. The van der Waals surface area contributed by atoms with Crippen LogP contribution in [0, 0.1) is 0 Å². The molecule has 1 fully saturated rings. The maximum absolute atomic E-state index is 11.9. The molecular weight excluding hydrogens is 301 g/mol. The highest BCUT2D eigenvalue weighted by atomic mass is 32.2. The molecule has 1 heterocycles. The Balaban J connectivity index is 2.56. The molecule has 1 aliphatic heterocycles. The second-order valence-electron chi connectivity index (χ2n) is 4.58. The molecule has 1 atom stereocenters. The van der Waals surface area contributed by atoms with Crippen molar-refractivity contribution in [1.29, 1.82) is 0 Å². The first-order valence-corrected chi connectivity index (χ1v) is 7.63. The summed E-state index contributed by atoms with van der Waals surface area (Å²) in [6.45, 7) is -0.309. The molecule has 0 spiro atoms. The molecule has 1 aliphatic rings. The van der Waals surface area contributed by atoms with Gasteiger partial charge in [0.25, 0.3) is 10.2 Å². The average Bonchev–Trinajstić information content (AvgIpc) is 2.33. The molecule has 0 radical (unpaired) electrons. The summed E-state index contributed by atoms with van der Waals surface area (Å²) in [5.74, 6) is -1.25. The fourth-order valence-electron chi connectivity index (χ4n) is 2.01. The Morgan fingerprint density at radius 2 is 2.00 bits per heavy atom. The SMILES string of the molecule is O=C(O)C1CCCCN1S(=O)(=O)NCCCC(F)(F)F. The lowest BCUT2D eigenvalue weighted by Crippen LogP contribution is -2.52. The van der Waals surface area contributed by atoms with Crippen molar-refractivity contribution in [3.8, 4) is 0 Å². The number of piperidine rings is 1. The lowest BCUT2D eigenvalue weighted by molar-refractivity contribution is -0.142. The topological polar surface area (TPSA) is 86.7 Å². The standard InChI is InChI=1S/C10H17F3N2O4S/c11-10(12,13)5-3-6-14-20(18,19)15-7-2-1-4-8(15)9(16)17/h8,14H,1-7H2,(H,16,17). The number of hydrogen-bond acceptors (Lipinski definition) is 3. The van der Waals surface area contributed by atoms with E-state index in [4.69, 9.17) is 5.11 Å². The lowest BCUT2D eigenvalue weighted by atomic mass is 10.1. The average molecular weight is 318 g/mol. The molecular formula is C10H17F3N2O4S. The lowest BCUT2D eigenvalue weighted by Gasteiger charge is -2.31. The van der Waals surface area contributed by atoms with Gasteiger partial charge in [0, 0.05) is 19.5 Å². The van der Waals surface area contributed by atoms with E-state index in [-0.39, 0.29) is 25.9 Å². The van der Waals surface area contributed by atoms with Gasteiger partial charge in [0.05, 0.1) is 0 Å². The molecule has 0 aromatic heterocycles. The van der Waals surface area contributed by atoms with Crippen molar-refractivity contribution in [2.24, 2.45) is 0 Å². The number of hydrogen-bond donors (Lipinski definition) is 2. The summed E-state index contributed by atoms with van der Waals surface area (Å²) in [5.41, 5.74) is 0. The Labute approximate surface area is 115 Å². The van der Waals surface area contributed by atoms with Crippen LogP contribution in [0.4, 0.5) is 13.2 Å². The van der Waals surface area contributed by atoms with Crippen molar-refractivity contribution in [2.75, 3.05) is 13.1 Å². The molecule has 118 valence electrons. The molecule has 0 amide bonds. The first-order valence-electron chi connectivity index (χ1n) is 6.19. The number of carboxylic acid groups (broad SMARTS) is 1. The van der Waals surface area contributed by atoms with Crippen molar-refractivity contribution < 1.29 is 31.5 Å². The van der Waals surface area contributed by atoms with Gasteiger partial charge in [-0.1, -0.05) is 0 Å². The smallest absolute Gasteiger partial charge is 0.389 e. The fraction of sp³-hybridized carbons (Fsp3) is 0.900. The molecule has 6 nitrogen and oxygen atoms in total. The van der Waals surface area contributed by atoms with Crippen LogP contribution in [0.15, 0.2) is 0 Å². The molecule has 0 aromatic carbocycles. The van der Waals surface area contributed by atoms with Gasteiger partial charge >= 0.3 is 12.1 Å². The maximum Gasteiger partial charge on any atom is 0.389 e. The number of halogens is 3. The fourth-order valence-corrected chi connectivity index (χ4v) is 3.48. The summed E-state index contributed by atoms with van der Waals surface area (Å²) in [6, 6.07) is -1.15. The van der Waals surface area contributed by atoms with E-state index in [0.29, 0.717) is 12.8 Å². The third-order valence-corrected chi connectivity index (χ3v) is 4.59. The largest absolute Gasteiger partial charge is 0.480 e. The molecule has 1 unspecified atom stereocenters. The van der Waals surface area contributed by atoms with Gasteiger partial charge in [-0.25, -0.2) is 4.72 Å². The summed E-state index contributed by atoms with van der Waals surface area (Å²) >= 11 is 0. The number of alkyl halides is 3. The Hall–Kier alpha value is -0.870. The van der Waals surface area contributed by atoms with Crippen molar-refractivity contribution in [1.82, 2.24) is 9.03 Å². The van der Waals surface area contributed by atoms with Gasteiger partial charge in [0.1, 0.15) is 6.04 Å². The van der Waals surface area contributed by atoms with Crippen LogP contribution in [0.25, 0.3) is 0 Å². The minimum atomic E-state index is -4.33. The number of carbonyl (C=O) groups is 1. The monoisotopic (exact) mass is 318 g/mol. The predicted octanol–water partition coefficient (Wildman–Crippen LogP) is 1.10. The number of carboxylic acids is 1. The molecule has 2 N–H and O–H groups in total. The maximum atomic E-state index is 11.9. The van der Waals surface area contributed by atoms with Gasteiger partial charge in [-0.3, -0.25) is 4.79 Å². The zero-order valence-electron chi connectivity index (χ0n) is 10.7. The Morgan fingerprint density at radius 3 is 2.55 bits per heavy atom. The molecule has 0 aromatic rings. The van der Waals surface area contributed by atoms with Crippen LogP contribution in [0.5, 0.6) is 0 Å². The molecule has 20 heavy (non-hydrogen) atoms. The van der Waals surface area contributed by atoms with Gasteiger partial charge in [-0.15, -0.1) is 0 Å². The molecule has 0 aliphatic carbocycles. The van der Waals surface area contributed by atoms with Gasteiger partial charge in [-0.05, 0) is 25.7 Å². The van der Waals surface area contributed by atoms with E-state index in [1.807, 2.05) is 4.72 Å². The minimum Gasteiger partial charge on any atom is -0.480 e. The summed E-state index contributed by atoms with van der Waals surface area (Å²) < 4.78 is 62.4. The van der Waals surface area contributed by atoms with Crippen LogP contribution < -0.4 is 4.72 Å². The summed E-state index contributed by atoms with van der Waals surface area (Å²) in [4.78, 5) is 11.0. The van der Waals surface area contributed by atoms with E-state index in [1.165, 1.54) is 0 Å². The number of aliphatic carboxylic acids is 1. The van der Waals surface area contributed by atoms with Gasteiger partial charge in [0.2, 0.25) is 0 Å². The van der Waals surface area contributed by atoms with Gasteiger partial charge in [0.15, 0.2) is 0 Å². The number of rotatable bonds is 6. The first-order chi connectivity index (χ1) is 9.13. The minimum absolute atomic E-state index is 0.0611. The van der Waals surface area contributed by atoms with Crippen LogP contribution in [0.2, 0.25) is 0 Å². The van der Waals surface area contributed by atoms with Crippen molar-refractivity contribution in [3.05, 3.63) is 0 Å². The van der Waals surface area contributed by atoms with Crippen LogP contribution in [-0.4, -0.2) is 49.1 Å². The summed E-state index contributed by atoms with van der Waals surface area (Å²) in [5, 5.41) is 8.97. The van der Waals surface area contributed by atoms with Crippen LogP contribution >= 0.6 is 0 Å². The van der Waals surface area contributed by atoms with Gasteiger partial charge < -0.3 is 5.11 Å². The number of nitrogens with one attached hydrogen (secondary N) is 1. The molecule has 1 saturated heterocycles. The quantitative estimate of drug-likeness (QED) is 0.718. The second kappa shape index (κ2) is 6.72. The van der Waals surface area contributed by atoms with E-state index in [9.17, 15) is 26.4 Å². The van der Waals surface area contributed by atoms with Crippen molar-refractivity contribution >= 4 is 16.2 Å². The normalized spacial score (nSPS) is 21.9. The van der Waals surface area contributed by atoms with Crippen LogP contribution in [0.3, 0.4) is 0 Å². The summed E-state index contributed by atoms with van der Waals surface area (Å²) in [7, 11) is -4.06. The van der Waals surface area contributed by atoms with Crippen LogP contribution in [0.1, 0.15) is 32.1 Å². The molecule has 0 bridgehead atoms. The Morgan fingerprint density at radius 1 is 1.35 bits per heavy atom.